The number of hydrogen-bond donors (Lipinski definition) is 0. The fourth-order valence-electron chi connectivity index (χ4n) is 2.55. The first kappa shape index (κ1) is 12.7. The van der Waals surface area contributed by atoms with Crippen LogP contribution in [-0.4, -0.2) is 0 Å². The molecule has 94 valence electrons. The molecular weight excluding hydrogens is 328 g/mol. The third-order valence-corrected chi connectivity index (χ3v) is 6.08. The molecule has 1 heterocycles. The number of halogens is 2. The molecule has 1 aromatic carbocycles. The third kappa shape index (κ3) is 2.38. The van der Waals surface area contributed by atoms with Gasteiger partial charge in [0.15, 0.2) is 0 Å². The van der Waals surface area contributed by atoms with Gasteiger partial charge in [0.05, 0.1) is 5.38 Å². The molecule has 3 heteroatoms. The molecule has 0 amide bonds. The summed E-state index contributed by atoms with van der Waals surface area (Å²) in [6.07, 6.45) is 5.07. The molecule has 0 N–H and O–H groups in total. The van der Waals surface area contributed by atoms with Crippen LogP contribution in [0.2, 0.25) is 0 Å². The fraction of sp³-hybridized carbons (Fsp3) is 0.333. The van der Waals surface area contributed by atoms with E-state index in [9.17, 15) is 0 Å². The van der Waals surface area contributed by atoms with E-state index in [4.69, 9.17) is 11.6 Å². The van der Waals surface area contributed by atoms with Crippen molar-refractivity contribution in [2.24, 2.45) is 0 Å². The zero-order chi connectivity index (χ0) is 12.5. The molecule has 1 aromatic heterocycles. The first-order valence-corrected chi connectivity index (χ1v) is 8.35. The highest BCUT2D eigenvalue weighted by atomic mass is 79.9. The maximum Gasteiger partial charge on any atom is 0.0939 e. The minimum atomic E-state index is -0.0356. The Bertz CT molecular complexity index is 561. The van der Waals surface area contributed by atoms with Gasteiger partial charge in [0, 0.05) is 9.35 Å². The highest BCUT2D eigenvalue weighted by molar-refractivity contribution is 9.10. The Morgan fingerprint density at radius 2 is 1.89 bits per heavy atom. The summed E-state index contributed by atoms with van der Waals surface area (Å²) in [7, 11) is 0. The van der Waals surface area contributed by atoms with Gasteiger partial charge in [-0.1, -0.05) is 18.2 Å². The molecule has 0 saturated carbocycles. The van der Waals surface area contributed by atoms with Crippen LogP contribution in [0.4, 0.5) is 0 Å². The van der Waals surface area contributed by atoms with Crippen LogP contribution in [0, 0.1) is 0 Å². The highest BCUT2D eigenvalue weighted by Gasteiger charge is 2.17. The third-order valence-electron chi connectivity index (χ3n) is 3.54. The zero-order valence-electron chi connectivity index (χ0n) is 9.96. The molecule has 18 heavy (non-hydrogen) atoms. The normalized spacial score (nSPS) is 16.3. The number of fused-ring (bicyclic) bond motifs is 1. The monoisotopic (exact) mass is 340 g/mol. The molecule has 1 unspecified atom stereocenters. The smallest absolute Gasteiger partial charge is 0.0939 e. The summed E-state index contributed by atoms with van der Waals surface area (Å²) < 4.78 is 1.12. The van der Waals surface area contributed by atoms with Gasteiger partial charge >= 0.3 is 0 Å². The van der Waals surface area contributed by atoms with E-state index >= 15 is 0 Å². The van der Waals surface area contributed by atoms with Crippen LogP contribution in [0.5, 0.6) is 0 Å². The average Bonchev–Trinajstić information content (AvgIpc) is 2.83. The van der Waals surface area contributed by atoms with Crippen LogP contribution in [-0.2, 0) is 12.8 Å². The van der Waals surface area contributed by atoms with Gasteiger partial charge < -0.3 is 0 Å². The first-order chi connectivity index (χ1) is 8.75. The Morgan fingerprint density at radius 1 is 1.11 bits per heavy atom. The van der Waals surface area contributed by atoms with E-state index in [0.717, 1.165) is 4.47 Å². The van der Waals surface area contributed by atoms with Crippen LogP contribution in [0.15, 0.2) is 34.1 Å². The highest BCUT2D eigenvalue weighted by Crippen LogP contribution is 2.38. The minimum absolute atomic E-state index is 0.0356. The van der Waals surface area contributed by atoms with Crippen molar-refractivity contribution in [3.05, 3.63) is 55.7 Å². The molecule has 2 aromatic rings. The van der Waals surface area contributed by atoms with Gasteiger partial charge in [-0.05, 0) is 69.8 Å². The Labute approximate surface area is 125 Å². The van der Waals surface area contributed by atoms with Crippen molar-refractivity contribution < 1.29 is 0 Å². The van der Waals surface area contributed by atoms with Crippen LogP contribution in [0.3, 0.4) is 0 Å². The quantitative estimate of drug-likeness (QED) is 0.613. The van der Waals surface area contributed by atoms with E-state index in [2.05, 4.69) is 45.6 Å². The maximum atomic E-state index is 6.60. The number of rotatable bonds is 2. The molecule has 3 rings (SSSR count). The second-order valence-corrected chi connectivity index (χ2v) is 6.97. The summed E-state index contributed by atoms with van der Waals surface area (Å²) in [6, 6.07) is 8.82. The van der Waals surface area contributed by atoms with Gasteiger partial charge in [0.2, 0.25) is 0 Å². The number of aryl methyl sites for hydroxylation is 2. The van der Waals surface area contributed by atoms with Crippen LogP contribution < -0.4 is 0 Å². The summed E-state index contributed by atoms with van der Waals surface area (Å²) in [5.41, 5.74) is 4.23. The van der Waals surface area contributed by atoms with Crippen LogP contribution in [0.25, 0.3) is 0 Å². The van der Waals surface area contributed by atoms with E-state index in [1.807, 2.05) is 0 Å². The molecular formula is C15H14BrClS. The zero-order valence-corrected chi connectivity index (χ0v) is 13.1. The van der Waals surface area contributed by atoms with Crippen molar-refractivity contribution in [2.45, 2.75) is 31.1 Å². The second-order valence-electron chi connectivity index (χ2n) is 4.73. The lowest BCUT2D eigenvalue weighted by atomic mass is 9.90. The molecule has 0 fully saturated rings. The van der Waals surface area contributed by atoms with Gasteiger partial charge in [0.25, 0.3) is 0 Å². The number of benzene rings is 1. The summed E-state index contributed by atoms with van der Waals surface area (Å²) in [4.78, 5) is 1.20. The van der Waals surface area contributed by atoms with Crippen LogP contribution in [0.1, 0.15) is 39.8 Å². The summed E-state index contributed by atoms with van der Waals surface area (Å²) in [5.74, 6) is 0. The molecule has 0 radical (unpaired) electrons. The summed E-state index contributed by atoms with van der Waals surface area (Å²) in [5, 5.41) is 2.04. The van der Waals surface area contributed by atoms with E-state index in [1.54, 1.807) is 11.3 Å². The predicted molar refractivity (Wildman–Crippen MR) is 82.8 cm³/mol. The van der Waals surface area contributed by atoms with Crippen LogP contribution >= 0.6 is 38.9 Å². The second kappa shape index (κ2) is 5.36. The van der Waals surface area contributed by atoms with Crippen molar-refractivity contribution in [3.63, 3.8) is 0 Å². The standard InChI is InChI=1S/C15H14BrClS/c16-13-7-8-18-15(13)14(17)12-6-5-10-3-1-2-4-11(10)9-12/h5-9,14H,1-4H2. The maximum absolute atomic E-state index is 6.60. The molecule has 1 aliphatic rings. The molecule has 0 nitrogen and oxygen atoms in total. The van der Waals surface area contributed by atoms with E-state index in [-0.39, 0.29) is 5.38 Å². The topological polar surface area (TPSA) is 0 Å². The number of hydrogen-bond acceptors (Lipinski definition) is 1. The van der Waals surface area contributed by atoms with E-state index in [1.165, 1.54) is 47.3 Å². The van der Waals surface area contributed by atoms with Gasteiger partial charge in [-0.2, -0.15) is 0 Å². The average molecular weight is 342 g/mol. The number of alkyl halides is 1. The van der Waals surface area contributed by atoms with Crippen molar-refractivity contribution in [1.29, 1.82) is 0 Å². The van der Waals surface area contributed by atoms with Gasteiger partial charge in [-0.15, -0.1) is 22.9 Å². The Hall–Kier alpha value is -0.310. The molecule has 1 atom stereocenters. The summed E-state index contributed by atoms with van der Waals surface area (Å²) >= 11 is 11.9. The lowest BCUT2D eigenvalue weighted by molar-refractivity contribution is 0.684. The Balaban J connectivity index is 1.95. The van der Waals surface area contributed by atoms with Gasteiger partial charge in [-0.25, -0.2) is 0 Å². The molecule has 1 aliphatic carbocycles. The summed E-state index contributed by atoms with van der Waals surface area (Å²) in [6.45, 7) is 0. The Morgan fingerprint density at radius 3 is 2.61 bits per heavy atom. The van der Waals surface area contributed by atoms with E-state index < -0.39 is 0 Å². The molecule has 0 spiro atoms. The first-order valence-electron chi connectivity index (χ1n) is 6.24. The Kier molecular flexibility index (Phi) is 3.78. The minimum Gasteiger partial charge on any atom is -0.146 e. The fourth-order valence-corrected chi connectivity index (χ4v) is 4.69. The van der Waals surface area contributed by atoms with Crippen molar-refractivity contribution >= 4 is 38.9 Å². The van der Waals surface area contributed by atoms with Gasteiger partial charge in [0.1, 0.15) is 0 Å². The molecule has 0 bridgehead atoms. The SMILES string of the molecule is ClC(c1ccc2c(c1)CCCC2)c1sccc1Br. The number of thiophene rings is 1. The lowest BCUT2D eigenvalue weighted by Crippen LogP contribution is -2.04. The largest absolute Gasteiger partial charge is 0.146 e. The van der Waals surface area contributed by atoms with E-state index in [0.29, 0.717) is 0 Å². The van der Waals surface area contributed by atoms with Crippen molar-refractivity contribution in [2.75, 3.05) is 0 Å². The van der Waals surface area contributed by atoms with Crippen molar-refractivity contribution in [1.82, 2.24) is 0 Å². The molecule has 0 saturated heterocycles. The molecule has 0 aliphatic heterocycles. The van der Waals surface area contributed by atoms with Gasteiger partial charge in [-0.3, -0.25) is 0 Å². The van der Waals surface area contributed by atoms with Crippen molar-refractivity contribution in [3.8, 4) is 0 Å². The predicted octanol–water partition coefficient (Wildman–Crippen LogP) is 5.72. The lowest BCUT2D eigenvalue weighted by Gasteiger charge is -2.18.